The number of rotatable bonds is 6. The van der Waals surface area contributed by atoms with Crippen LogP contribution in [0.25, 0.3) is 0 Å². The largest absolute Gasteiger partial charge is 0.355 e. The molecule has 1 saturated heterocycles. The van der Waals surface area contributed by atoms with Crippen LogP contribution < -0.4 is 16.0 Å². The van der Waals surface area contributed by atoms with Crippen LogP contribution in [0.5, 0.6) is 0 Å². The highest BCUT2D eigenvalue weighted by atomic mass is 16.1. The number of amides is 1. The first-order valence-electron chi connectivity index (χ1n) is 11.2. The summed E-state index contributed by atoms with van der Waals surface area (Å²) in [7, 11) is 3.48. The molecule has 6 heteroatoms. The number of nitrogens with one attached hydrogen (secondary N) is 3. The molecule has 1 heterocycles. The second-order valence-electron chi connectivity index (χ2n) is 8.39. The Kier molecular flexibility index (Phi) is 7.92. The SMILES string of the molecule is CN=C(NCc1cccc(C(=O)NC)c1)NCC1(N2CCCCC2)CCCCC1. The molecule has 0 spiro atoms. The predicted octanol–water partition coefficient (Wildman–Crippen LogP) is 2.90. The van der Waals surface area contributed by atoms with Crippen LogP contribution in [-0.4, -0.2) is 56.0 Å². The fourth-order valence-electron chi connectivity index (χ4n) is 4.80. The van der Waals surface area contributed by atoms with Crippen LogP contribution in [-0.2, 0) is 6.54 Å². The molecule has 0 bridgehead atoms. The fourth-order valence-corrected chi connectivity index (χ4v) is 4.80. The summed E-state index contributed by atoms with van der Waals surface area (Å²) in [5.41, 5.74) is 2.02. The van der Waals surface area contributed by atoms with Gasteiger partial charge in [-0.05, 0) is 56.5 Å². The van der Waals surface area contributed by atoms with Gasteiger partial charge in [0.2, 0.25) is 0 Å². The molecule has 0 radical (unpaired) electrons. The van der Waals surface area contributed by atoms with Gasteiger partial charge in [0.05, 0.1) is 0 Å². The maximum absolute atomic E-state index is 11.9. The van der Waals surface area contributed by atoms with E-state index in [1.54, 1.807) is 7.05 Å². The van der Waals surface area contributed by atoms with E-state index in [2.05, 4.69) is 25.8 Å². The van der Waals surface area contributed by atoms with Gasteiger partial charge in [0.25, 0.3) is 5.91 Å². The average molecular weight is 400 g/mol. The zero-order chi connectivity index (χ0) is 20.5. The minimum Gasteiger partial charge on any atom is -0.355 e. The number of hydrogen-bond acceptors (Lipinski definition) is 3. The van der Waals surface area contributed by atoms with E-state index in [0.717, 1.165) is 18.1 Å². The zero-order valence-corrected chi connectivity index (χ0v) is 18.1. The lowest BCUT2D eigenvalue weighted by Crippen LogP contribution is -2.59. The van der Waals surface area contributed by atoms with E-state index in [-0.39, 0.29) is 11.4 Å². The summed E-state index contributed by atoms with van der Waals surface area (Å²) in [6.45, 7) is 4.06. The maximum Gasteiger partial charge on any atom is 0.251 e. The number of nitrogens with zero attached hydrogens (tertiary/aromatic N) is 2. The highest BCUT2D eigenvalue weighted by Crippen LogP contribution is 2.35. The van der Waals surface area contributed by atoms with Gasteiger partial charge in [-0.2, -0.15) is 0 Å². The van der Waals surface area contributed by atoms with Crippen molar-refractivity contribution in [3.63, 3.8) is 0 Å². The van der Waals surface area contributed by atoms with Crippen LogP contribution >= 0.6 is 0 Å². The highest BCUT2D eigenvalue weighted by Gasteiger charge is 2.38. The first-order valence-corrected chi connectivity index (χ1v) is 11.2. The molecule has 160 valence electrons. The van der Waals surface area contributed by atoms with E-state index in [9.17, 15) is 4.79 Å². The second-order valence-corrected chi connectivity index (χ2v) is 8.39. The van der Waals surface area contributed by atoms with Crippen molar-refractivity contribution in [2.75, 3.05) is 33.7 Å². The lowest BCUT2D eigenvalue weighted by Gasteiger charge is -2.48. The van der Waals surface area contributed by atoms with Gasteiger partial charge in [0, 0.05) is 38.3 Å². The number of piperidine rings is 1. The standard InChI is InChI=1S/C23H37N5O/c1-24-21(29)20-11-9-10-19(16-20)17-26-22(25-2)27-18-23(12-5-3-6-13-23)28-14-7-4-8-15-28/h9-11,16H,3-8,12-15,17-18H2,1-2H3,(H,24,29)(H2,25,26,27). The van der Waals surface area contributed by atoms with Crippen molar-refractivity contribution in [1.82, 2.24) is 20.9 Å². The Labute approximate surface area is 175 Å². The van der Waals surface area contributed by atoms with E-state index in [4.69, 9.17) is 0 Å². The third-order valence-corrected chi connectivity index (χ3v) is 6.50. The summed E-state index contributed by atoms with van der Waals surface area (Å²) in [4.78, 5) is 19.0. The van der Waals surface area contributed by atoms with Crippen molar-refractivity contribution in [3.8, 4) is 0 Å². The van der Waals surface area contributed by atoms with Gasteiger partial charge >= 0.3 is 0 Å². The summed E-state index contributed by atoms with van der Waals surface area (Å²) >= 11 is 0. The third kappa shape index (κ3) is 5.72. The van der Waals surface area contributed by atoms with Gasteiger partial charge in [-0.25, -0.2) is 0 Å². The molecule has 1 aliphatic carbocycles. The number of likely N-dealkylation sites (tertiary alicyclic amines) is 1. The van der Waals surface area contributed by atoms with Crippen LogP contribution in [0.3, 0.4) is 0 Å². The summed E-state index contributed by atoms with van der Waals surface area (Å²) < 4.78 is 0. The number of aliphatic imine (C=N–C) groups is 1. The number of guanidine groups is 1. The molecule has 3 N–H and O–H groups in total. The normalized spacial score (nSPS) is 20.1. The summed E-state index contributed by atoms with van der Waals surface area (Å²) in [6.07, 6.45) is 10.6. The van der Waals surface area contributed by atoms with Crippen LogP contribution in [0.2, 0.25) is 0 Å². The molecule has 1 amide bonds. The van der Waals surface area contributed by atoms with Gasteiger partial charge in [-0.15, -0.1) is 0 Å². The Balaban J connectivity index is 1.58. The van der Waals surface area contributed by atoms with E-state index < -0.39 is 0 Å². The van der Waals surface area contributed by atoms with Gasteiger partial charge in [0.1, 0.15) is 0 Å². The molecule has 0 unspecified atom stereocenters. The monoisotopic (exact) mass is 399 g/mol. The van der Waals surface area contributed by atoms with Crippen LogP contribution in [0.1, 0.15) is 67.3 Å². The van der Waals surface area contributed by atoms with Crippen molar-refractivity contribution in [1.29, 1.82) is 0 Å². The smallest absolute Gasteiger partial charge is 0.251 e. The highest BCUT2D eigenvalue weighted by molar-refractivity contribution is 5.94. The topological polar surface area (TPSA) is 68.8 Å². The average Bonchev–Trinajstić information content (AvgIpc) is 2.80. The fraction of sp³-hybridized carbons (Fsp3) is 0.652. The Morgan fingerprint density at radius 1 is 1.07 bits per heavy atom. The van der Waals surface area contributed by atoms with E-state index >= 15 is 0 Å². The van der Waals surface area contributed by atoms with Crippen molar-refractivity contribution in [2.45, 2.75) is 63.5 Å². The van der Waals surface area contributed by atoms with Gasteiger partial charge in [-0.3, -0.25) is 14.7 Å². The van der Waals surface area contributed by atoms with Crippen molar-refractivity contribution in [2.24, 2.45) is 4.99 Å². The molecular weight excluding hydrogens is 362 g/mol. The van der Waals surface area contributed by atoms with Gasteiger partial charge in [0.15, 0.2) is 5.96 Å². The number of hydrogen-bond donors (Lipinski definition) is 3. The molecule has 0 atom stereocenters. The molecule has 0 aromatic heterocycles. The van der Waals surface area contributed by atoms with Crippen molar-refractivity contribution < 1.29 is 4.79 Å². The molecule has 2 fully saturated rings. The quantitative estimate of drug-likeness (QED) is 0.508. The number of carbonyl (C=O) groups excluding carboxylic acids is 1. The van der Waals surface area contributed by atoms with Crippen LogP contribution in [0.4, 0.5) is 0 Å². The lowest BCUT2D eigenvalue weighted by molar-refractivity contribution is 0.0368. The summed E-state index contributed by atoms with van der Waals surface area (Å²) in [6, 6.07) is 7.71. The van der Waals surface area contributed by atoms with E-state index in [0.29, 0.717) is 12.1 Å². The Morgan fingerprint density at radius 2 is 1.79 bits per heavy atom. The first kappa shape index (κ1) is 21.6. The van der Waals surface area contributed by atoms with E-state index in [1.165, 1.54) is 64.5 Å². The van der Waals surface area contributed by atoms with Crippen molar-refractivity contribution in [3.05, 3.63) is 35.4 Å². The van der Waals surface area contributed by atoms with Gasteiger partial charge in [-0.1, -0.05) is 37.8 Å². The molecule has 6 nitrogen and oxygen atoms in total. The minimum absolute atomic E-state index is 0.0601. The Hall–Kier alpha value is -2.08. The Bertz CT molecular complexity index is 690. The zero-order valence-electron chi connectivity index (χ0n) is 18.1. The molecule has 3 rings (SSSR count). The predicted molar refractivity (Wildman–Crippen MR) is 119 cm³/mol. The van der Waals surface area contributed by atoms with Gasteiger partial charge < -0.3 is 16.0 Å². The number of benzene rings is 1. The molecular formula is C23H37N5O. The molecule has 1 saturated carbocycles. The van der Waals surface area contributed by atoms with Crippen molar-refractivity contribution >= 4 is 11.9 Å². The van der Waals surface area contributed by atoms with Crippen LogP contribution in [0.15, 0.2) is 29.3 Å². The number of carbonyl (C=O) groups is 1. The first-order chi connectivity index (χ1) is 14.2. The maximum atomic E-state index is 11.9. The molecule has 1 aromatic rings. The lowest BCUT2D eigenvalue weighted by atomic mass is 9.79. The molecule has 1 aliphatic heterocycles. The van der Waals surface area contributed by atoms with Crippen LogP contribution in [0, 0.1) is 0 Å². The van der Waals surface area contributed by atoms with E-state index in [1.807, 2.05) is 31.3 Å². The Morgan fingerprint density at radius 3 is 2.48 bits per heavy atom. The summed E-state index contributed by atoms with van der Waals surface area (Å²) in [5, 5.41) is 9.71. The molecule has 29 heavy (non-hydrogen) atoms. The second kappa shape index (κ2) is 10.6. The molecule has 2 aliphatic rings. The summed E-state index contributed by atoms with van der Waals surface area (Å²) in [5.74, 6) is 0.771. The third-order valence-electron chi connectivity index (χ3n) is 6.50. The molecule has 1 aromatic carbocycles. The minimum atomic E-state index is -0.0601.